The third-order valence-electron chi connectivity index (χ3n) is 6.53. The Morgan fingerprint density at radius 2 is 2.03 bits per heavy atom. The highest BCUT2D eigenvalue weighted by Crippen LogP contribution is 2.38. The van der Waals surface area contributed by atoms with Crippen molar-refractivity contribution in [2.24, 2.45) is 0 Å². The van der Waals surface area contributed by atoms with Crippen molar-refractivity contribution >= 4 is 50.9 Å². The fourth-order valence-corrected chi connectivity index (χ4v) is 5.01. The van der Waals surface area contributed by atoms with Gasteiger partial charge in [-0.2, -0.15) is 0 Å². The van der Waals surface area contributed by atoms with Gasteiger partial charge in [-0.25, -0.2) is 9.37 Å². The minimum absolute atomic E-state index is 0.135. The smallest absolute Gasteiger partial charge is 0.253 e. The summed E-state index contributed by atoms with van der Waals surface area (Å²) in [5.74, 6) is -0.455. The lowest BCUT2D eigenvalue weighted by molar-refractivity contribution is 0.0939. The zero-order valence-electron chi connectivity index (χ0n) is 19.0. The molecule has 0 spiro atoms. The number of carbonyl (C=O) groups is 1. The lowest BCUT2D eigenvalue weighted by Crippen LogP contribution is -2.27. The Morgan fingerprint density at radius 3 is 2.89 bits per heavy atom. The Labute approximate surface area is 215 Å². The van der Waals surface area contributed by atoms with E-state index in [1.165, 1.54) is 12.3 Å². The van der Waals surface area contributed by atoms with E-state index in [0.717, 1.165) is 22.0 Å². The number of aromatic amines is 1. The number of pyridine rings is 2. The summed E-state index contributed by atoms with van der Waals surface area (Å²) >= 11 is 12.3. The largest absolute Gasteiger partial charge is 0.476 e. The van der Waals surface area contributed by atoms with E-state index < -0.39 is 11.9 Å². The van der Waals surface area contributed by atoms with Crippen LogP contribution in [0.3, 0.4) is 0 Å². The van der Waals surface area contributed by atoms with Crippen molar-refractivity contribution in [1.29, 1.82) is 0 Å². The highest BCUT2D eigenvalue weighted by Gasteiger charge is 2.29. The highest BCUT2D eigenvalue weighted by atomic mass is 35.5. The lowest BCUT2D eigenvalue weighted by Gasteiger charge is -2.16. The Kier molecular flexibility index (Phi) is 5.54. The zero-order chi connectivity index (χ0) is 25.0. The van der Waals surface area contributed by atoms with Crippen LogP contribution in [-0.2, 0) is 0 Å². The van der Waals surface area contributed by atoms with Crippen LogP contribution in [-0.4, -0.2) is 27.5 Å². The molecule has 1 aliphatic rings. The molecule has 2 N–H and O–H groups in total. The van der Waals surface area contributed by atoms with Gasteiger partial charge in [-0.15, -0.1) is 0 Å². The first-order chi connectivity index (χ1) is 17.4. The fraction of sp³-hybridized carbons (Fsp3) is 0.148. The molecule has 0 fully saturated rings. The second kappa shape index (κ2) is 8.76. The minimum Gasteiger partial charge on any atom is -0.476 e. The molecule has 6 nitrogen and oxygen atoms in total. The molecule has 0 saturated carbocycles. The summed E-state index contributed by atoms with van der Waals surface area (Å²) in [4.78, 5) is 24.9. The second-order valence-corrected chi connectivity index (χ2v) is 9.68. The van der Waals surface area contributed by atoms with Gasteiger partial charge in [0.1, 0.15) is 12.4 Å². The van der Waals surface area contributed by atoms with Gasteiger partial charge in [0.05, 0.1) is 28.1 Å². The van der Waals surface area contributed by atoms with Gasteiger partial charge in [0.2, 0.25) is 5.88 Å². The number of halogens is 3. The number of benzene rings is 2. The number of aromatic nitrogens is 3. The first kappa shape index (κ1) is 22.8. The van der Waals surface area contributed by atoms with Crippen molar-refractivity contribution in [3.05, 3.63) is 99.2 Å². The SMILES string of the molecule is CC(NC(=O)c1cnc2c(c1)C(c1cnc3ccc(Cl)cc3c1)CO2)c1cc2c(Cl)c[nH]c2cc1F. The van der Waals surface area contributed by atoms with Gasteiger partial charge < -0.3 is 15.0 Å². The summed E-state index contributed by atoms with van der Waals surface area (Å²) in [5.41, 5.74) is 3.87. The van der Waals surface area contributed by atoms with Crippen LogP contribution in [0.15, 0.2) is 61.1 Å². The number of ether oxygens (including phenoxy) is 1. The van der Waals surface area contributed by atoms with E-state index >= 15 is 0 Å². The van der Waals surface area contributed by atoms with Gasteiger partial charge in [0.15, 0.2) is 0 Å². The molecular weight excluding hydrogens is 502 g/mol. The molecule has 180 valence electrons. The van der Waals surface area contributed by atoms with Gasteiger partial charge in [0, 0.05) is 51.0 Å². The molecule has 6 rings (SSSR count). The summed E-state index contributed by atoms with van der Waals surface area (Å²) in [7, 11) is 0. The molecular formula is C27H19Cl2FN4O2. The average molecular weight is 521 g/mol. The van der Waals surface area contributed by atoms with Crippen LogP contribution in [0.1, 0.15) is 45.9 Å². The Balaban J connectivity index is 1.27. The maximum Gasteiger partial charge on any atom is 0.253 e. The Hall–Kier alpha value is -3.68. The topological polar surface area (TPSA) is 79.9 Å². The molecule has 1 amide bonds. The molecule has 9 heteroatoms. The molecule has 2 aromatic carbocycles. The molecule has 0 aliphatic carbocycles. The number of carbonyl (C=O) groups excluding carboxylic acids is 1. The van der Waals surface area contributed by atoms with Crippen molar-refractivity contribution < 1.29 is 13.9 Å². The van der Waals surface area contributed by atoms with Crippen molar-refractivity contribution in [2.75, 3.05) is 6.61 Å². The summed E-state index contributed by atoms with van der Waals surface area (Å²) < 4.78 is 20.5. The molecule has 2 unspecified atom stereocenters. The van der Waals surface area contributed by atoms with Crippen LogP contribution in [0, 0.1) is 5.82 Å². The molecule has 0 radical (unpaired) electrons. The predicted molar refractivity (Wildman–Crippen MR) is 137 cm³/mol. The number of hydrogen-bond donors (Lipinski definition) is 2. The van der Waals surface area contributed by atoms with Crippen molar-refractivity contribution in [3.8, 4) is 5.88 Å². The molecule has 2 atom stereocenters. The highest BCUT2D eigenvalue weighted by molar-refractivity contribution is 6.35. The number of nitrogens with one attached hydrogen (secondary N) is 2. The number of hydrogen-bond acceptors (Lipinski definition) is 4. The molecule has 1 aliphatic heterocycles. The number of rotatable bonds is 4. The van der Waals surface area contributed by atoms with Gasteiger partial charge in [-0.1, -0.05) is 23.2 Å². The van der Waals surface area contributed by atoms with Crippen LogP contribution in [0.4, 0.5) is 4.39 Å². The Morgan fingerprint density at radius 1 is 1.17 bits per heavy atom. The van der Waals surface area contributed by atoms with Gasteiger partial charge in [-0.05, 0) is 55.0 Å². The van der Waals surface area contributed by atoms with Crippen LogP contribution < -0.4 is 10.1 Å². The number of H-pyrrole nitrogens is 1. The molecule has 36 heavy (non-hydrogen) atoms. The maximum absolute atomic E-state index is 14.7. The Bertz CT molecular complexity index is 1670. The first-order valence-corrected chi connectivity index (χ1v) is 12.1. The van der Waals surface area contributed by atoms with Crippen molar-refractivity contribution in [3.63, 3.8) is 0 Å². The lowest BCUT2D eigenvalue weighted by atomic mass is 9.93. The first-order valence-electron chi connectivity index (χ1n) is 11.3. The number of nitrogens with zero attached hydrogens (tertiary/aromatic N) is 2. The monoisotopic (exact) mass is 520 g/mol. The molecule has 0 bridgehead atoms. The van der Waals surface area contributed by atoms with Crippen LogP contribution in [0.2, 0.25) is 10.0 Å². The average Bonchev–Trinajstić information content (AvgIpc) is 3.45. The number of fused-ring (bicyclic) bond motifs is 3. The third kappa shape index (κ3) is 3.94. The summed E-state index contributed by atoms with van der Waals surface area (Å²) in [6.07, 6.45) is 4.87. The van der Waals surface area contributed by atoms with E-state index in [2.05, 4.69) is 20.3 Å². The molecule has 5 aromatic rings. The minimum atomic E-state index is -0.595. The van der Waals surface area contributed by atoms with Gasteiger partial charge in [-0.3, -0.25) is 9.78 Å². The van der Waals surface area contributed by atoms with E-state index in [-0.39, 0.29) is 11.8 Å². The van der Waals surface area contributed by atoms with Crippen LogP contribution in [0.25, 0.3) is 21.8 Å². The quantitative estimate of drug-likeness (QED) is 0.280. The second-order valence-electron chi connectivity index (χ2n) is 8.84. The molecule has 0 saturated heterocycles. The standard InChI is InChI=1S/C27H19Cl2FN4O2/c1-13(18-7-20-22(29)11-32-25(20)8-23(18)30)34-26(35)16-6-19-21(12-36-27(19)33-10-16)15-4-14-5-17(28)2-3-24(14)31-9-15/h2-11,13,21,32H,12H2,1H3,(H,34,35). The van der Waals surface area contributed by atoms with Crippen LogP contribution in [0.5, 0.6) is 5.88 Å². The summed E-state index contributed by atoms with van der Waals surface area (Å²) in [5, 5.41) is 5.60. The normalized spacial score (nSPS) is 15.6. The molecule has 4 heterocycles. The van der Waals surface area contributed by atoms with E-state index in [1.807, 2.05) is 18.2 Å². The summed E-state index contributed by atoms with van der Waals surface area (Å²) in [6.45, 7) is 2.11. The van der Waals surface area contributed by atoms with Gasteiger partial charge >= 0.3 is 0 Å². The third-order valence-corrected chi connectivity index (χ3v) is 7.08. The van der Waals surface area contributed by atoms with Gasteiger partial charge in [0.25, 0.3) is 5.91 Å². The summed E-state index contributed by atoms with van der Waals surface area (Å²) in [6, 6.07) is 11.8. The fourth-order valence-electron chi connectivity index (χ4n) is 4.62. The number of amides is 1. The maximum atomic E-state index is 14.7. The predicted octanol–water partition coefficient (Wildman–Crippen LogP) is 6.57. The van der Waals surface area contributed by atoms with E-state index in [9.17, 15) is 9.18 Å². The van der Waals surface area contributed by atoms with Crippen molar-refractivity contribution in [2.45, 2.75) is 18.9 Å². The van der Waals surface area contributed by atoms with E-state index in [0.29, 0.717) is 44.6 Å². The van der Waals surface area contributed by atoms with Crippen LogP contribution >= 0.6 is 23.2 Å². The molecule has 3 aromatic heterocycles. The van der Waals surface area contributed by atoms with E-state index in [1.54, 1.807) is 37.5 Å². The van der Waals surface area contributed by atoms with E-state index in [4.69, 9.17) is 27.9 Å². The zero-order valence-corrected chi connectivity index (χ0v) is 20.5. The van der Waals surface area contributed by atoms with Crippen molar-refractivity contribution in [1.82, 2.24) is 20.3 Å².